The van der Waals surface area contributed by atoms with Crippen LogP contribution in [0, 0.1) is 0 Å². The van der Waals surface area contributed by atoms with Gasteiger partial charge in [-0.3, -0.25) is 9.52 Å². The summed E-state index contributed by atoms with van der Waals surface area (Å²) < 4.78 is 36.9. The number of allylic oxidation sites excluding steroid dienone is 2. The van der Waals surface area contributed by atoms with Gasteiger partial charge in [-0.05, 0) is 49.6 Å². The summed E-state index contributed by atoms with van der Waals surface area (Å²) in [6.07, 6.45) is 4.40. The van der Waals surface area contributed by atoms with Gasteiger partial charge in [-0.1, -0.05) is 0 Å². The summed E-state index contributed by atoms with van der Waals surface area (Å²) in [5.74, 6) is 0.0236. The smallest absolute Gasteiger partial charge is 0.254 e. The molecule has 0 aliphatic carbocycles. The SMILES string of the molecule is CC(C)Oc1cc2c(OCC3=CC=CS(=O)(=O)N3)nccc2cc1C(N)=O. The van der Waals surface area contributed by atoms with Gasteiger partial charge in [-0.15, -0.1) is 0 Å². The third-order valence-corrected chi connectivity index (χ3v) is 4.71. The van der Waals surface area contributed by atoms with Crippen LogP contribution in [0.4, 0.5) is 0 Å². The second-order valence-electron chi connectivity index (χ2n) is 6.17. The van der Waals surface area contributed by atoms with Crippen LogP contribution in [-0.4, -0.2) is 32.0 Å². The molecule has 2 aromatic rings. The van der Waals surface area contributed by atoms with Gasteiger partial charge >= 0.3 is 0 Å². The van der Waals surface area contributed by atoms with E-state index >= 15 is 0 Å². The Morgan fingerprint density at radius 3 is 2.78 bits per heavy atom. The molecule has 1 aromatic heterocycles. The summed E-state index contributed by atoms with van der Waals surface area (Å²) in [7, 11) is -3.48. The highest BCUT2D eigenvalue weighted by molar-refractivity contribution is 7.92. The first-order valence-electron chi connectivity index (χ1n) is 8.17. The van der Waals surface area contributed by atoms with Crippen LogP contribution in [0.5, 0.6) is 11.6 Å². The number of amides is 1. The van der Waals surface area contributed by atoms with E-state index in [4.69, 9.17) is 15.2 Å². The third-order valence-electron chi connectivity index (χ3n) is 3.65. The van der Waals surface area contributed by atoms with E-state index in [0.717, 1.165) is 5.41 Å². The predicted octanol–water partition coefficient (Wildman–Crippen LogP) is 1.83. The first-order valence-corrected chi connectivity index (χ1v) is 9.72. The zero-order valence-corrected chi connectivity index (χ0v) is 15.6. The second kappa shape index (κ2) is 7.28. The average Bonchev–Trinajstić information content (AvgIpc) is 2.58. The number of carbonyl (C=O) groups excluding carboxylic acids is 1. The van der Waals surface area contributed by atoms with Gasteiger partial charge in [0.25, 0.3) is 15.9 Å². The van der Waals surface area contributed by atoms with E-state index in [9.17, 15) is 13.2 Å². The highest BCUT2D eigenvalue weighted by Crippen LogP contribution is 2.31. The number of nitrogens with zero attached hydrogens (tertiary/aromatic N) is 1. The highest BCUT2D eigenvalue weighted by Gasteiger charge is 2.17. The Morgan fingerprint density at radius 1 is 1.33 bits per heavy atom. The molecule has 0 saturated heterocycles. The fraction of sp³-hybridized carbons (Fsp3) is 0.222. The first-order chi connectivity index (χ1) is 12.7. The Bertz CT molecular complexity index is 1060. The molecule has 1 aliphatic rings. The molecule has 3 rings (SSSR count). The van der Waals surface area contributed by atoms with E-state index in [0.29, 0.717) is 22.2 Å². The van der Waals surface area contributed by atoms with Crippen LogP contribution < -0.4 is 19.9 Å². The van der Waals surface area contributed by atoms with Crippen molar-refractivity contribution in [3.05, 3.63) is 53.2 Å². The molecule has 1 amide bonds. The Morgan fingerprint density at radius 2 is 2.11 bits per heavy atom. The van der Waals surface area contributed by atoms with Crippen molar-refractivity contribution in [1.29, 1.82) is 0 Å². The van der Waals surface area contributed by atoms with E-state index in [2.05, 4.69) is 9.71 Å². The maximum atomic E-state index is 11.7. The summed E-state index contributed by atoms with van der Waals surface area (Å²) in [5.41, 5.74) is 6.10. The molecule has 142 valence electrons. The van der Waals surface area contributed by atoms with Crippen LogP contribution in [0.25, 0.3) is 10.8 Å². The third kappa shape index (κ3) is 4.37. The number of ether oxygens (including phenoxy) is 2. The van der Waals surface area contributed by atoms with Crippen molar-refractivity contribution in [2.75, 3.05) is 6.61 Å². The number of hydrogen-bond donors (Lipinski definition) is 2. The van der Waals surface area contributed by atoms with E-state index in [-0.39, 0.29) is 24.2 Å². The van der Waals surface area contributed by atoms with Crippen LogP contribution >= 0.6 is 0 Å². The van der Waals surface area contributed by atoms with Gasteiger partial charge in [0.2, 0.25) is 5.88 Å². The maximum Gasteiger partial charge on any atom is 0.254 e. The van der Waals surface area contributed by atoms with Crippen molar-refractivity contribution < 1.29 is 22.7 Å². The van der Waals surface area contributed by atoms with Gasteiger partial charge in [0.15, 0.2) is 0 Å². The van der Waals surface area contributed by atoms with Gasteiger partial charge in [-0.25, -0.2) is 13.4 Å². The maximum absolute atomic E-state index is 11.7. The number of hydrogen-bond acceptors (Lipinski definition) is 6. The number of primary amides is 1. The molecule has 0 unspecified atom stereocenters. The molecule has 1 aromatic carbocycles. The van der Waals surface area contributed by atoms with Gasteiger partial charge in [0.05, 0.1) is 22.8 Å². The minimum Gasteiger partial charge on any atom is -0.490 e. The molecular formula is C18H19N3O5S. The Hall–Kier alpha value is -3.07. The van der Waals surface area contributed by atoms with Crippen molar-refractivity contribution in [2.45, 2.75) is 20.0 Å². The Kier molecular flexibility index (Phi) is 5.04. The molecule has 27 heavy (non-hydrogen) atoms. The molecule has 8 nitrogen and oxygen atoms in total. The number of benzene rings is 1. The zero-order chi connectivity index (χ0) is 19.6. The summed E-state index contributed by atoms with van der Waals surface area (Å²) >= 11 is 0. The molecule has 0 bridgehead atoms. The molecule has 9 heteroatoms. The molecular weight excluding hydrogens is 370 g/mol. The van der Waals surface area contributed by atoms with Crippen molar-refractivity contribution in [2.24, 2.45) is 5.73 Å². The molecule has 0 radical (unpaired) electrons. The highest BCUT2D eigenvalue weighted by atomic mass is 32.2. The molecule has 2 heterocycles. The van der Waals surface area contributed by atoms with Gasteiger partial charge in [0.1, 0.15) is 12.4 Å². The predicted molar refractivity (Wildman–Crippen MR) is 101 cm³/mol. The van der Waals surface area contributed by atoms with Crippen molar-refractivity contribution in [3.8, 4) is 11.6 Å². The summed E-state index contributed by atoms with van der Waals surface area (Å²) in [4.78, 5) is 15.9. The van der Waals surface area contributed by atoms with Crippen LogP contribution in [-0.2, 0) is 10.0 Å². The average molecular weight is 389 g/mol. The molecule has 0 fully saturated rings. The largest absolute Gasteiger partial charge is 0.490 e. The van der Waals surface area contributed by atoms with Crippen molar-refractivity contribution in [3.63, 3.8) is 0 Å². The standard InChI is InChI=1S/C18H19N3O5S/c1-11(2)26-16-9-14-12(8-15(16)17(19)22)5-6-20-18(14)25-10-13-4-3-7-27(23,24)21-13/h3-9,11,21H,10H2,1-2H3,(H2,19,22). The van der Waals surface area contributed by atoms with Gasteiger partial charge in [-0.2, -0.15) is 0 Å². The van der Waals surface area contributed by atoms with E-state index < -0.39 is 15.9 Å². The van der Waals surface area contributed by atoms with Crippen LogP contribution in [0.1, 0.15) is 24.2 Å². The number of rotatable bonds is 6. The lowest BCUT2D eigenvalue weighted by Gasteiger charge is -2.16. The molecule has 1 aliphatic heterocycles. The fourth-order valence-electron chi connectivity index (χ4n) is 2.57. The van der Waals surface area contributed by atoms with E-state index in [1.807, 2.05) is 13.8 Å². The minimum absolute atomic E-state index is 0.0202. The zero-order valence-electron chi connectivity index (χ0n) is 14.8. The number of sulfonamides is 1. The number of nitrogens with two attached hydrogens (primary N) is 1. The number of nitrogens with one attached hydrogen (secondary N) is 1. The monoisotopic (exact) mass is 389 g/mol. The Balaban J connectivity index is 1.95. The van der Waals surface area contributed by atoms with Gasteiger partial charge < -0.3 is 15.2 Å². The second-order valence-corrected chi connectivity index (χ2v) is 7.74. The Labute approximate surface area is 156 Å². The molecule has 3 N–H and O–H groups in total. The minimum atomic E-state index is -3.48. The van der Waals surface area contributed by atoms with Crippen LogP contribution in [0.3, 0.4) is 0 Å². The van der Waals surface area contributed by atoms with Crippen LogP contribution in [0.2, 0.25) is 0 Å². The number of pyridine rings is 1. The molecule has 0 spiro atoms. The fourth-order valence-corrected chi connectivity index (χ4v) is 3.41. The van der Waals surface area contributed by atoms with E-state index in [1.54, 1.807) is 24.3 Å². The lowest BCUT2D eigenvalue weighted by molar-refractivity contribution is 0.0994. The normalized spacial score (nSPS) is 15.3. The summed E-state index contributed by atoms with van der Waals surface area (Å²) in [6.45, 7) is 3.66. The summed E-state index contributed by atoms with van der Waals surface area (Å²) in [6, 6.07) is 4.99. The lowest BCUT2D eigenvalue weighted by atomic mass is 10.1. The first kappa shape index (κ1) is 18.7. The van der Waals surface area contributed by atoms with Crippen molar-refractivity contribution in [1.82, 2.24) is 9.71 Å². The number of fused-ring (bicyclic) bond motifs is 1. The molecule has 0 atom stereocenters. The van der Waals surface area contributed by atoms with E-state index in [1.165, 1.54) is 12.3 Å². The van der Waals surface area contributed by atoms with Gasteiger partial charge in [0, 0.05) is 11.6 Å². The topological polar surface area (TPSA) is 121 Å². The quantitative estimate of drug-likeness (QED) is 0.778. The summed E-state index contributed by atoms with van der Waals surface area (Å²) in [5, 5.41) is 2.38. The number of carbonyl (C=O) groups is 1. The number of aromatic nitrogens is 1. The van der Waals surface area contributed by atoms with Crippen LogP contribution in [0.15, 0.2) is 47.7 Å². The molecule has 0 saturated carbocycles. The van der Waals surface area contributed by atoms with Crippen molar-refractivity contribution >= 4 is 26.7 Å². The lowest BCUT2D eigenvalue weighted by Crippen LogP contribution is -2.26.